The summed E-state index contributed by atoms with van der Waals surface area (Å²) in [6.07, 6.45) is 9.39. The molecule has 0 unspecified atom stereocenters. The van der Waals surface area contributed by atoms with Gasteiger partial charge in [-0.05, 0) is 18.4 Å². The molecule has 1 saturated carbocycles. The van der Waals surface area contributed by atoms with Gasteiger partial charge in [0.15, 0.2) is 5.96 Å². The number of nitrogens with one attached hydrogen (secondary N) is 1. The molecular formula is C23H36IN5O. The quantitative estimate of drug-likeness (QED) is 0.353. The van der Waals surface area contributed by atoms with Crippen molar-refractivity contribution in [3.63, 3.8) is 0 Å². The number of carbonyl (C=O) groups excluding carboxylic acids is 1. The first-order chi connectivity index (χ1) is 14.1. The molecule has 30 heavy (non-hydrogen) atoms. The Morgan fingerprint density at radius 3 is 2.43 bits per heavy atom. The second-order valence-corrected chi connectivity index (χ2v) is 8.15. The predicted octanol–water partition coefficient (Wildman–Crippen LogP) is 2.91. The molecule has 2 aliphatic rings. The summed E-state index contributed by atoms with van der Waals surface area (Å²) in [7, 11) is 3.56. The summed E-state index contributed by atoms with van der Waals surface area (Å²) in [5.74, 6) is 0.951. The maximum atomic E-state index is 12.0. The molecule has 1 aliphatic heterocycles. The highest BCUT2D eigenvalue weighted by Crippen LogP contribution is 2.18. The number of piperazine rings is 1. The van der Waals surface area contributed by atoms with Crippen LogP contribution in [0.2, 0.25) is 0 Å². The number of benzene rings is 1. The van der Waals surface area contributed by atoms with E-state index in [4.69, 9.17) is 0 Å². The van der Waals surface area contributed by atoms with E-state index < -0.39 is 0 Å². The molecule has 1 aromatic rings. The van der Waals surface area contributed by atoms with E-state index in [0.717, 1.165) is 38.7 Å². The number of aliphatic imine (C=N–C) groups is 1. The van der Waals surface area contributed by atoms with Crippen LogP contribution in [0.25, 0.3) is 6.08 Å². The fraction of sp³-hybridized carbons (Fsp3) is 0.565. The average molecular weight is 525 g/mol. The lowest BCUT2D eigenvalue weighted by Gasteiger charge is -2.37. The van der Waals surface area contributed by atoms with Crippen LogP contribution >= 0.6 is 24.0 Å². The molecule has 0 radical (unpaired) electrons. The smallest absolute Gasteiger partial charge is 0.243 e. The van der Waals surface area contributed by atoms with Crippen LogP contribution in [0.3, 0.4) is 0 Å². The minimum atomic E-state index is 0. The molecular weight excluding hydrogens is 489 g/mol. The Morgan fingerprint density at radius 2 is 1.80 bits per heavy atom. The Balaban J connectivity index is 0.00000320. The van der Waals surface area contributed by atoms with Gasteiger partial charge in [0.05, 0.1) is 0 Å². The van der Waals surface area contributed by atoms with Gasteiger partial charge in [-0.3, -0.25) is 9.69 Å². The van der Waals surface area contributed by atoms with Crippen molar-refractivity contribution in [1.29, 1.82) is 0 Å². The molecule has 0 atom stereocenters. The van der Waals surface area contributed by atoms with Crippen LogP contribution in [0.4, 0.5) is 0 Å². The largest absolute Gasteiger partial charge is 0.353 e. The number of rotatable bonds is 6. The number of nitrogens with zero attached hydrogens (tertiary/aromatic N) is 4. The maximum Gasteiger partial charge on any atom is 0.243 e. The van der Waals surface area contributed by atoms with E-state index in [2.05, 4.69) is 56.5 Å². The standard InChI is InChI=1S/C23H35N5O.HI/c1-26(2)22(29)19-24-23(25-21-12-6-7-13-21)28-17-15-27(16-18-28)14-8-11-20-9-4-3-5-10-20;/h3-5,8-11,21H,6-7,12-19H2,1-2H3,(H,24,25);1H/b11-8+;. The number of amides is 1. The molecule has 0 aromatic heterocycles. The highest BCUT2D eigenvalue weighted by atomic mass is 127. The highest BCUT2D eigenvalue weighted by Gasteiger charge is 2.23. The molecule has 166 valence electrons. The first-order valence-corrected chi connectivity index (χ1v) is 10.8. The van der Waals surface area contributed by atoms with Crippen molar-refractivity contribution in [2.45, 2.75) is 31.7 Å². The van der Waals surface area contributed by atoms with Crippen molar-refractivity contribution >= 4 is 41.9 Å². The van der Waals surface area contributed by atoms with Crippen LogP contribution < -0.4 is 5.32 Å². The number of hydrogen-bond acceptors (Lipinski definition) is 3. The third kappa shape index (κ3) is 7.91. The van der Waals surface area contributed by atoms with E-state index in [-0.39, 0.29) is 36.4 Å². The Hall–Kier alpha value is -1.61. The molecule has 1 aromatic carbocycles. The number of guanidine groups is 1. The van der Waals surface area contributed by atoms with Gasteiger partial charge in [-0.15, -0.1) is 24.0 Å². The van der Waals surface area contributed by atoms with Gasteiger partial charge in [0.1, 0.15) is 6.54 Å². The first-order valence-electron chi connectivity index (χ1n) is 10.8. The molecule has 1 heterocycles. The van der Waals surface area contributed by atoms with Crippen LogP contribution in [0.5, 0.6) is 0 Å². The van der Waals surface area contributed by atoms with Gasteiger partial charge < -0.3 is 15.1 Å². The number of halogens is 1. The summed E-state index contributed by atoms with van der Waals surface area (Å²) in [4.78, 5) is 23.1. The van der Waals surface area contributed by atoms with Crippen molar-refractivity contribution in [3.8, 4) is 0 Å². The van der Waals surface area contributed by atoms with Crippen molar-refractivity contribution in [1.82, 2.24) is 20.0 Å². The third-order valence-corrected chi connectivity index (χ3v) is 5.70. The van der Waals surface area contributed by atoms with Crippen LogP contribution in [0.1, 0.15) is 31.2 Å². The third-order valence-electron chi connectivity index (χ3n) is 5.70. The molecule has 6 nitrogen and oxygen atoms in total. The second-order valence-electron chi connectivity index (χ2n) is 8.15. The Bertz CT molecular complexity index is 693. The lowest BCUT2D eigenvalue weighted by Crippen LogP contribution is -2.54. The maximum absolute atomic E-state index is 12.0. The zero-order valence-corrected chi connectivity index (χ0v) is 20.6. The predicted molar refractivity (Wildman–Crippen MR) is 135 cm³/mol. The van der Waals surface area contributed by atoms with E-state index in [0.29, 0.717) is 6.04 Å². The van der Waals surface area contributed by atoms with E-state index in [1.54, 1.807) is 19.0 Å². The van der Waals surface area contributed by atoms with E-state index in [1.165, 1.54) is 31.2 Å². The average Bonchev–Trinajstić information content (AvgIpc) is 3.25. The zero-order valence-electron chi connectivity index (χ0n) is 18.3. The summed E-state index contributed by atoms with van der Waals surface area (Å²) < 4.78 is 0. The summed E-state index contributed by atoms with van der Waals surface area (Å²) in [5.41, 5.74) is 1.24. The van der Waals surface area contributed by atoms with Crippen molar-refractivity contribution < 1.29 is 4.79 Å². The lowest BCUT2D eigenvalue weighted by molar-refractivity contribution is -0.127. The van der Waals surface area contributed by atoms with Crippen molar-refractivity contribution in [2.75, 3.05) is 53.4 Å². The lowest BCUT2D eigenvalue weighted by atomic mass is 10.2. The van der Waals surface area contributed by atoms with Gasteiger partial charge in [0, 0.05) is 52.9 Å². The number of likely N-dealkylation sites (N-methyl/N-ethyl adjacent to an activating group) is 1. The van der Waals surface area contributed by atoms with Crippen LogP contribution in [-0.4, -0.2) is 86.0 Å². The molecule has 1 amide bonds. The molecule has 1 saturated heterocycles. The van der Waals surface area contributed by atoms with Gasteiger partial charge in [0.25, 0.3) is 0 Å². The van der Waals surface area contributed by atoms with Crippen LogP contribution in [-0.2, 0) is 4.79 Å². The Labute approximate surface area is 198 Å². The van der Waals surface area contributed by atoms with Gasteiger partial charge in [-0.1, -0.05) is 55.3 Å². The number of carbonyl (C=O) groups is 1. The fourth-order valence-electron chi connectivity index (χ4n) is 3.82. The first kappa shape index (κ1) is 24.7. The van der Waals surface area contributed by atoms with Gasteiger partial charge in [-0.25, -0.2) is 4.99 Å². The second kappa shape index (κ2) is 12.9. The minimum Gasteiger partial charge on any atom is -0.353 e. The number of hydrogen-bond donors (Lipinski definition) is 1. The SMILES string of the molecule is CN(C)C(=O)CN=C(NC1CCCC1)N1CCN(C/C=C/c2ccccc2)CC1.I. The topological polar surface area (TPSA) is 51.2 Å². The van der Waals surface area contributed by atoms with Gasteiger partial charge >= 0.3 is 0 Å². The normalized spacial score (nSPS) is 18.5. The Kier molecular flexibility index (Phi) is 10.6. The summed E-state index contributed by atoms with van der Waals surface area (Å²) in [6.45, 7) is 5.06. The van der Waals surface area contributed by atoms with Crippen molar-refractivity contribution in [2.24, 2.45) is 4.99 Å². The van der Waals surface area contributed by atoms with Crippen LogP contribution in [0, 0.1) is 0 Å². The molecule has 1 N–H and O–H groups in total. The molecule has 3 rings (SSSR count). The molecule has 7 heteroatoms. The summed E-state index contributed by atoms with van der Waals surface area (Å²) in [5, 5.41) is 3.63. The van der Waals surface area contributed by atoms with Gasteiger partial charge in [-0.2, -0.15) is 0 Å². The van der Waals surface area contributed by atoms with E-state index in [9.17, 15) is 4.79 Å². The summed E-state index contributed by atoms with van der Waals surface area (Å²) >= 11 is 0. The molecule has 2 fully saturated rings. The highest BCUT2D eigenvalue weighted by molar-refractivity contribution is 14.0. The molecule has 0 bridgehead atoms. The zero-order chi connectivity index (χ0) is 20.5. The van der Waals surface area contributed by atoms with E-state index in [1.807, 2.05) is 6.07 Å². The Morgan fingerprint density at radius 1 is 1.13 bits per heavy atom. The van der Waals surface area contributed by atoms with Gasteiger partial charge in [0.2, 0.25) is 5.91 Å². The van der Waals surface area contributed by atoms with Crippen molar-refractivity contribution in [3.05, 3.63) is 42.0 Å². The fourth-order valence-corrected chi connectivity index (χ4v) is 3.82. The van der Waals surface area contributed by atoms with Crippen LogP contribution in [0.15, 0.2) is 41.4 Å². The molecule has 0 spiro atoms. The minimum absolute atomic E-state index is 0. The summed E-state index contributed by atoms with van der Waals surface area (Å²) in [6, 6.07) is 10.9. The molecule has 1 aliphatic carbocycles. The van der Waals surface area contributed by atoms with E-state index >= 15 is 0 Å². The monoisotopic (exact) mass is 525 g/mol.